The maximum absolute atomic E-state index is 13.4. The summed E-state index contributed by atoms with van der Waals surface area (Å²) < 4.78 is 0. The van der Waals surface area contributed by atoms with Crippen LogP contribution >= 0.6 is 12.4 Å². The maximum Gasteiger partial charge on any atom is 0.228 e. The first-order valence-electron chi connectivity index (χ1n) is 13.4. The molecule has 0 atom stereocenters. The second-order valence-corrected chi connectivity index (χ2v) is 10.4. The van der Waals surface area contributed by atoms with E-state index < -0.39 is 0 Å². The van der Waals surface area contributed by atoms with E-state index in [0.717, 1.165) is 71.2 Å². The molecule has 0 aromatic heterocycles. The van der Waals surface area contributed by atoms with Gasteiger partial charge in [0, 0.05) is 19.0 Å². The van der Waals surface area contributed by atoms with Gasteiger partial charge in [-0.3, -0.25) is 4.79 Å². The van der Waals surface area contributed by atoms with E-state index in [4.69, 9.17) is 0 Å². The normalized spacial score (nSPS) is 17.5. The molecule has 0 saturated carbocycles. The third-order valence-electron chi connectivity index (χ3n) is 8.29. The molecule has 2 aliphatic heterocycles. The molecule has 0 unspecified atom stereocenters. The first-order valence-corrected chi connectivity index (χ1v) is 13.4. The number of hydrogen-bond acceptors (Lipinski definition) is 2. The second-order valence-electron chi connectivity index (χ2n) is 10.4. The summed E-state index contributed by atoms with van der Waals surface area (Å²) >= 11 is 0. The minimum atomic E-state index is -0.0957. The highest BCUT2D eigenvalue weighted by Gasteiger charge is 2.47. The van der Waals surface area contributed by atoms with Crippen molar-refractivity contribution in [1.29, 1.82) is 0 Å². The zero-order valence-electron chi connectivity index (χ0n) is 21.2. The van der Waals surface area contributed by atoms with Gasteiger partial charge in [0.05, 0.1) is 5.41 Å². The number of hydrogen-bond donors (Lipinski definition) is 0. The summed E-state index contributed by atoms with van der Waals surface area (Å²) in [6.45, 7) is 5.01. The molecule has 0 bridgehead atoms. The number of piperidine rings is 1. The van der Waals surface area contributed by atoms with E-state index in [9.17, 15) is 4.79 Å². The van der Waals surface area contributed by atoms with Crippen molar-refractivity contribution >= 4 is 18.3 Å². The lowest BCUT2D eigenvalue weighted by atomic mass is 9.77. The minimum absolute atomic E-state index is 0. The third-order valence-corrected chi connectivity index (χ3v) is 8.29. The lowest BCUT2D eigenvalue weighted by Gasteiger charge is -2.38. The predicted octanol–water partition coefficient (Wildman–Crippen LogP) is 6.58. The van der Waals surface area contributed by atoms with Gasteiger partial charge in [-0.1, -0.05) is 91.0 Å². The molecule has 2 saturated heterocycles. The van der Waals surface area contributed by atoms with Crippen LogP contribution in [0.5, 0.6) is 0 Å². The number of carbonyl (C=O) groups excluding carboxylic acids is 1. The Hall–Kier alpha value is -2.62. The quantitative estimate of drug-likeness (QED) is 0.330. The summed E-state index contributed by atoms with van der Waals surface area (Å²) in [5, 5.41) is 0. The molecule has 0 aliphatic carbocycles. The molecule has 1 amide bonds. The van der Waals surface area contributed by atoms with Crippen molar-refractivity contribution < 1.29 is 4.79 Å². The Balaban J connectivity index is 0.00000304. The Kier molecular flexibility index (Phi) is 9.23. The van der Waals surface area contributed by atoms with Crippen LogP contribution in [0, 0.1) is 5.41 Å². The predicted molar refractivity (Wildman–Crippen MR) is 151 cm³/mol. The Morgan fingerprint density at radius 1 is 0.694 bits per heavy atom. The zero-order valence-corrected chi connectivity index (χ0v) is 22.0. The monoisotopic (exact) mass is 502 g/mol. The van der Waals surface area contributed by atoms with Crippen LogP contribution < -0.4 is 0 Å². The number of carbonyl (C=O) groups is 1. The SMILES string of the molecule is Cl.O=C1N(CCCc2ccccc2)CCC12CCN(CCC(c1ccccc1)c1ccccc1)CC2. The highest BCUT2D eigenvalue weighted by atomic mass is 35.5. The summed E-state index contributed by atoms with van der Waals surface area (Å²) in [6.07, 6.45) is 6.29. The number of likely N-dealkylation sites (tertiary alicyclic amines) is 2. The molecule has 5 rings (SSSR count). The molecule has 3 aromatic carbocycles. The Morgan fingerprint density at radius 2 is 1.22 bits per heavy atom. The highest BCUT2D eigenvalue weighted by Crippen LogP contribution is 2.42. The van der Waals surface area contributed by atoms with E-state index >= 15 is 0 Å². The molecule has 2 fully saturated rings. The summed E-state index contributed by atoms with van der Waals surface area (Å²) in [5.74, 6) is 0.846. The van der Waals surface area contributed by atoms with E-state index in [0.29, 0.717) is 11.8 Å². The van der Waals surface area contributed by atoms with Gasteiger partial charge in [0.1, 0.15) is 0 Å². The van der Waals surface area contributed by atoms with Crippen molar-refractivity contribution in [1.82, 2.24) is 9.80 Å². The molecule has 3 nitrogen and oxygen atoms in total. The Labute approximate surface area is 222 Å². The highest BCUT2D eigenvalue weighted by molar-refractivity contribution is 5.85. The largest absolute Gasteiger partial charge is 0.342 e. The van der Waals surface area contributed by atoms with Crippen molar-refractivity contribution in [2.75, 3.05) is 32.7 Å². The number of aryl methyl sites for hydroxylation is 1. The van der Waals surface area contributed by atoms with E-state index in [1.165, 1.54) is 16.7 Å². The first kappa shape index (κ1) is 26.4. The van der Waals surface area contributed by atoms with Crippen LogP contribution in [0.25, 0.3) is 0 Å². The number of halogens is 1. The molecule has 4 heteroatoms. The van der Waals surface area contributed by atoms with Gasteiger partial charge in [-0.2, -0.15) is 0 Å². The average molecular weight is 503 g/mol. The summed E-state index contributed by atoms with van der Waals surface area (Å²) in [7, 11) is 0. The fraction of sp³-hybridized carbons (Fsp3) is 0.406. The molecule has 3 aromatic rings. The van der Waals surface area contributed by atoms with Gasteiger partial charge in [0.2, 0.25) is 5.91 Å². The molecule has 0 radical (unpaired) electrons. The van der Waals surface area contributed by atoms with Gasteiger partial charge in [0.15, 0.2) is 0 Å². The maximum atomic E-state index is 13.4. The molecule has 2 aliphatic rings. The van der Waals surface area contributed by atoms with Gasteiger partial charge >= 0.3 is 0 Å². The molecule has 36 heavy (non-hydrogen) atoms. The van der Waals surface area contributed by atoms with Crippen molar-refractivity contribution in [2.24, 2.45) is 5.41 Å². The summed E-state index contributed by atoms with van der Waals surface area (Å²) in [6, 6.07) is 32.4. The van der Waals surface area contributed by atoms with Gasteiger partial charge in [-0.25, -0.2) is 0 Å². The molecular formula is C32H39ClN2O. The number of rotatable bonds is 9. The van der Waals surface area contributed by atoms with Gasteiger partial charge < -0.3 is 9.80 Å². The molecule has 0 N–H and O–H groups in total. The number of nitrogens with zero attached hydrogens (tertiary/aromatic N) is 2. The van der Waals surface area contributed by atoms with E-state index in [2.05, 4.69) is 101 Å². The standard InChI is InChI=1S/C32H38N2O.ClH/c35-31-32(21-26-34(31)22-10-13-27-11-4-1-5-12-27)19-24-33(25-20-32)23-18-30(28-14-6-2-7-15-28)29-16-8-3-9-17-29;/h1-9,11-12,14-17,30H,10,13,18-26H2;1H. The lowest BCUT2D eigenvalue weighted by Crippen LogP contribution is -2.45. The minimum Gasteiger partial charge on any atom is -0.342 e. The van der Waals surface area contributed by atoms with Crippen LogP contribution in [0.15, 0.2) is 91.0 Å². The topological polar surface area (TPSA) is 23.6 Å². The van der Waals surface area contributed by atoms with Crippen LogP contribution in [0.2, 0.25) is 0 Å². The zero-order chi connectivity index (χ0) is 23.9. The van der Waals surface area contributed by atoms with Gasteiger partial charge in [0.25, 0.3) is 0 Å². The van der Waals surface area contributed by atoms with Crippen molar-refractivity contribution in [3.63, 3.8) is 0 Å². The smallest absolute Gasteiger partial charge is 0.228 e. The van der Waals surface area contributed by atoms with E-state index in [1.54, 1.807) is 0 Å². The van der Waals surface area contributed by atoms with Crippen LogP contribution in [0.4, 0.5) is 0 Å². The van der Waals surface area contributed by atoms with E-state index in [-0.39, 0.29) is 17.8 Å². The first-order chi connectivity index (χ1) is 17.2. The van der Waals surface area contributed by atoms with Crippen molar-refractivity contribution in [3.05, 3.63) is 108 Å². The Bertz CT molecular complexity index is 1030. The van der Waals surface area contributed by atoms with Crippen molar-refractivity contribution in [2.45, 2.75) is 44.4 Å². The van der Waals surface area contributed by atoms with Crippen molar-refractivity contribution in [3.8, 4) is 0 Å². The summed E-state index contributed by atoms with van der Waals surface area (Å²) in [4.78, 5) is 18.1. The van der Waals surface area contributed by atoms with Crippen LogP contribution in [0.1, 0.15) is 54.7 Å². The lowest BCUT2D eigenvalue weighted by molar-refractivity contribution is -0.138. The van der Waals surface area contributed by atoms with Gasteiger partial charge in [-0.05, 0) is 74.8 Å². The molecule has 2 heterocycles. The molecular weight excluding hydrogens is 464 g/mol. The fourth-order valence-corrected chi connectivity index (χ4v) is 6.10. The average Bonchev–Trinajstić information content (AvgIpc) is 3.22. The molecule has 190 valence electrons. The van der Waals surface area contributed by atoms with Crippen LogP contribution in [-0.2, 0) is 11.2 Å². The number of benzene rings is 3. The second kappa shape index (κ2) is 12.6. The van der Waals surface area contributed by atoms with Crippen LogP contribution in [-0.4, -0.2) is 48.4 Å². The fourth-order valence-electron chi connectivity index (χ4n) is 6.10. The van der Waals surface area contributed by atoms with Gasteiger partial charge in [-0.15, -0.1) is 12.4 Å². The third kappa shape index (κ3) is 6.19. The number of amides is 1. The van der Waals surface area contributed by atoms with Crippen LogP contribution in [0.3, 0.4) is 0 Å². The van der Waals surface area contributed by atoms with E-state index in [1.807, 2.05) is 0 Å². The molecule has 1 spiro atoms. The summed E-state index contributed by atoms with van der Waals surface area (Å²) in [5.41, 5.74) is 4.06. The Morgan fingerprint density at radius 3 is 1.81 bits per heavy atom.